The van der Waals surface area contributed by atoms with Crippen LogP contribution < -0.4 is 0 Å². The van der Waals surface area contributed by atoms with Crippen LogP contribution in [0.1, 0.15) is 52.7 Å². The van der Waals surface area contributed by atoms with Crippen LogP contribution in [0.5, 0.6) is 0 Å². The lowest BCUT2D eigenvalue weighted by molar-refractivity contribution is 0.569. The lowest BCUT2D eigenvalue weighted by atomic mass is 9.79. The predicted molar refractivity (Wildman–Crippen MR) is 126 cm³/mol. The minimum Gasteiger partial charge on any atom is -0.253 e. The smallest absolute Gasteiger partial charge is 0.143 e. The molecule has 148 valence electrons. The Morgan fingerprint density at radius 2 is 1.38 bits per heavy atom. The first-order valence-corrected chi connectivity index (χ1v) is 10.9. The lowest BCUT2D eigenvalue weighted by Crippen LogP contribution is -2.16. The molecule has 2 aromatic carbocycles. The number of nitrogens with zero attached hydrogens (tertiary/aromatic N) is 2. The number of aromatic nitrogens is 2. The molecule has 0 saturated carbocycles. The molecule has 0 fully saturated rings. The van der Waals surface area contributed by atoms with Gasteiger partial charge in [0.1, 0.15) is 5.01 Å². The Balaban J connectivity index is 1.75. The molecule has 4 rings (SSSR count). The molecule has 0 amide bonds. The Morgan fingerprint density at radius 3 is 1.93 bits per heavy atom. The van der Waals surface area contributed by atoms with Crippen molar-refractivity contribution < 1.29 is 0 Å². The zero-order chi connectivity index (χ0) is 20.8. The first kappa shape index (κ1) is 19.8. The Labute approximate surface area is 177 Å². The summed E-state index contributed by atoms with van der Waals surface area (Å²) in [5.41, 5.74) is 7.25. The molecule has 0 spiro atoms. The van der Waals surface area contributed by atoms with Crippen molar-refractivity contribution >= 4 is 21.6 Å². The van der Waals surface area contributed by atoms with E-state index in [0.717, 1.165) is 21.8 Å². The van der Waals surface area contributed by atoms with Gasteiger partial charge in [0.15, 0.2) is 0 Å². The van der Waals surface area contributed by atoms with Crippen LogP contribution in [0.2, 0.25) is 0 Å². The molecule has 4 aromatic rings. The normalized spacial score (nSPS) is 12.5. The quantitative estimate of drug-likeness (QED) is 0.346. The summed E-state index contributed by atoms with van der Waals surface area (Å²) in [4.78, 5) is 9.49. The van der Waals surface area contributed by atoms with Crippen LogP contribution in [-0.2, 0) is 10.8 Å². The van der Waals surface area contributed by atoms with Gasteiger partial charge < -0.3 is 0 Å². The lowest BCUT2D eigenvalue weighted by Gasteiger charge is -2.26. The highest BCUT2D eigenvalue weighted by Crippen LogP contribution is 2.35. The van der Waals surface area contributed by atoms with Crippen LogP contribution in [-0.4, -0.2) is 9.97 Å². The van der Waals surface area contributed by atoms with E-state index >= 15 is 0 Å². The molecule has 0 aliphatic heterocycles. The molecular formula is C26H28N2S. The van der Waals surface area contributed by atoms with Crippen molar-refractivity contribution in [2.45, 2.75) is 52.4 Å². The molecule has 0 atom stereocenters. The number of benzene rings is 2. The Hall–Kier alpha value is -2.52. The van der Waals surface area contributed by atoms with Crippen LogP contribution in [0.4, 0.5) is 0 Å². The van der Waals surface area contributed by atoms with Crippen molar-refractivity contribution in [2.75, 3.05) is 0 Å². The minimum absolute atomic E-state index is 0.102. The highest BCUT2D eigenvalue weighted by atomic mass is 32.1. The molecule has 0 aliphatic rings. The molecule has 0 bridgehead atoms. The van der Waals surface area contributed by atoms with Crippen molar-refractivity contribution in [1.29, 1.82) is 0 Å². The highest BCUT2D eigenvalue weighted by Gasteiger charge is 2.21. The summed E-state index contributed by atoms with van der Waals surface area (Å²) in [6.07, 6.45) is 1.98. The topological polar surface area (TPSA) is 25.8 Å². The molecule has 0 unspecified atom stereocenters. The number of thiazole rings is 1. The van der Waals surface area contributed by atoms with E-state index in [1.807, 2.05) is 12.3 Å². The molecule has 0 aliphatic carbocycles. The van der Waals surface area contributed by atoms with E-state index in [1.54, 1.807) is 11.3 Å². The van der Waals surface area contributed by atoms with Gasteiger partial charge in [-0.1, -0.05) is 77.9 Å². The van der Waals surface area contributed by atoms with Crippen LogP contribution in [0, 0.1) is 0 Å². The number of rotatable bonds is 2. The molecule has 2 heterocycles. The fourth-order valence-corrected chi connectivity index (χ4v) is 4.28. The molecule has 3 heteroatoms. The van der Waals surface area contributed by atoms with E-state index in [2.05, 4.69) is 90.1 Å². The van der Waals surface area contributed by atoms with Crippen molar-refractivity contribution in [3.63, 3.8) is 0 Å². The van der Waals surface area contributed by atoms with Gasteiger partial charge in [-0.2, -0.15) is 0 Å². The molecule has 29 heavy (non-hydrogen) atoms. The third-order valence-electron chi connectivity index (χ3n) is 5.27. The van der Waals surface area contributed by atoms with E-state index < -0.39 is 0 Å². The summed E-state index contributed by atoms with van der Waals surface area (Å²) < 4.78 is 1.20. The predicted octanol–water partition coefficient (Wildman–Crippen LogP) is 7.62. The van der Waals surface area contributed by atoms with Crippen molar-refractivity contribution in [2.24, 2.45) is 0 Å². The van der Waals surface area contributed by atoms with Crippen molar-refractivity contribution in [3.8, 4) is 21.8 Å². The van der Waals surface area contributed by atoms with Gasteiger partial charge in [0.25, 0.3) is 0 Å². The number of hydrogen-bond donors (Lipinski definition) is 0. The maximum absolute atomic E-state index is 4.75. The summed E-state index contributed by atoms with van der Waals surface area (Å²) in [6, 6.07) is 19.5. The first-order valence-electron chi connectivity index (χ1n) is 10.1. The second-order valence-corrected chi connectivity index (χ2v) is 10.7. The zero-order valence-corrected chi connectivity index (χ0v) is 18.9. The molecule has 0 saturated heterocycles. The summed E-state index contributed by atoms with van der Waals surface area (Å²) in [5, 5.41) is 0.969. The van der Waals surface area contributed by atoms with Gasteiger partial charge in [-0.05, 0) is 45.7 Å². The monoisotopic (exact) mass is 400 g/mol. The molecular weight excluding hydrogens is 372 g/mol. The van der Waals surface area contributed by atoms with Gasteiger partial charge in [-0.15, -0.1) is 11.3 Å². The summed E-state index contributed by atoms with van der Waals surface area (Å²) in [6.45, 7) is 13.6. The zero-order valence-electron chi connectivity index (χ0n) is 18.1. The van der Waals surface area contributed by atoms with E-state index in [0.29, 0.717) is 0 Å². The van der Waals surface area contributed by atoms with Gasteiger partial charge in [0.2, 0.25) is 0 Å². The molecule has 0 radical (unpaired) electrons. The third kappa shape index (κ3) is 4.11. The Morgan fingerprint density at radius 1 is 0.724 bits per heavy atom. The maximum atomic E-state index is 4.75. The van der Waals surface area contributed by atoms with Gasteiger partial charge in [-0.25, -0.2) is 4.98 Å². The van der Waals surface area contributed by atoms with Gasteiger partial charge in [-0.3, -0.25) is 4.98 Å². The standard InChI is InChI=1S/C26H28N2S/c1-25(2,3)19-13-18(14-20(15-19)26(4,5)6)17-11-12-22(27-16-17)24-28-21-9-7-8-10-23(21)29-24/h7-16H,1-6H3. The fourth-order valence-electron chi connectivity index (χ4n) is 3.33. The van der Waals surface area contributed by atoms with E-state index in [4.69, 9.17) is 9.97 Å². The average molecular weight is 401 g/mol. The minimum atomic E-state index is 0.102. The van der Waals surface area contributed by atoms with Crippen LogP contribution in [0.15, 0.2) is 60.8 Å². The van der Waals surface area contributed by atoms with Crippen LogP contribution >= 0.6 is 11.3 Å². The van der Waals surface area contributed by atoms with Crippen LogP contribution in [0.3, 0.4) is 0 Å². The van der Waals surface area contributed by atoms with Gasteiger partial charge in [0.05, 0.1) is 15.9 Å². The third-order valence-corrected chi connectivity index (χ3v) is 6.33. The largest absolute Gasteiger partial charge is 0.253 e. The van der Waals surface area contributed by atoms with Gasteiger partial charge in [0, 0.05) is 11.8 Å². The Kier molecular flexibility index (Phi) is 4.82. The van der Waals surface area contributed by atoms with E-state index in [-0.39, 0.29) is 10.8 Å². The van der Waals surface area contributed by atoms with Crippen LogP contribution in [0.25, 0.3) is 32.0 Å². The van der Waals surface area contributed by atoms with Gasteiger partial charge >= 0.3 is 0 Å². The number of fused-ring (bicyclic) bond motifs is 1. The number of hydrogen-bond acceptors (Lipinski definition) is 3. The van der Waals surface area contributed by atoms with Crippen molar-refractivity contribution in [3.05, 3.63) is 71.9 Å². The SMILES string of the molecule is CC(C)(C)c1cc(-c2ccc(-c3nc4ccccc4s3)nc2)cc(C(C)(C)C)c1. The second-order valence-electron chi connectivity index (χ2n) is 9.72. The number of para-hydroxylation sites is 1. The summed E-state index contributed by atoms with van der Waals surface area (Å²) in [7, 11) is 0. The molecule has 0 N–H and O–H groups in total. The second kappa shape index (κ2) is 7.07. The first-order chi connectivity index (χ1) is 13.6. The van der Waals surface area contributed by atoms with E-state index in [9.17, 15) is 0 Å². The highest BCUT2D eigenvalue weighted by molar-refractivity contribution is 7.21. The van der Waals surface area contributed by atoms with Crippen molar-refractivity contribution in [1.82, 2.24) is 9.97 Å². The Bertz CT molecular complexity index is 1090. The summed E-state index contributed by atoms with van der Waals surface area (Å²) >= 11 is 1.69. The fraction of sp³-hybridized carbons (Fsp3) is 0.308. The maximum Gasteiger partial charge on any atom is 0.143 e. The number of pyridine rings is 1. The molecule has 2 aromatic heterocycles. The average Bonchev–Trinajstić information content (AvgIpc) is 3.10. The molecule has 2 nitrogen and oxygen atoms in total. The summed E-state index contributed by atoms with van der Waals surface area (Å²) in [5.74, 6) is 0. The van der Waals surface area contributed by atoms with E-state index in [1.165, 1.54) is 21.4 Å².